The molecule has 0 aliphatic heterocycles. The van der Waals surface area contributed by atoms with E-state index in [9.17, 15) is 0 Å². The van der Waals surface area contributed by atoms with Crippen molar-refractivity contribution in [3.63, 3.8) is 0 Å². The van der Waals surface area contributed by atoms with E-state index in [0.29, 0.717) is 11.3 Å². The number of benzene rings is 1. The molecular formula is C17H18ClN3S. The zero-order valence-corrected chi connectivity index (χ0v) is 14.4. The molecule has 0 spiro atoms. The highest BCUT2D eigenvalue weighted by Crippen LogP contribution is 2.33. The normalized spacial score (nSPS) is 11.3. The third kappa shape index (κ3) is 3.08. The first-order chi connectivity index (χ1) is 10.5. The molecule has 0 saturated heterocycles. The Hall–Kier alpha value is -1.65. The molecule has 1 aromatic carbocycles. The Kier molecular flexibility index (Phi) is 4.32. The lowest BCUT2D eigenvalue weighted by molar-refractivity contribution is 0.675. The summed E-state index contributed by atoms with van der Waals surface area (Å²) in [6, 6.07) is 12.9. The second-order valence-electron chi connectivity index (χ2n) is 5.60. The maximum atomic E-state index is 6.14. The number of halogens is 1. The van der Waals surface area contributed by atoms with Gasteiger partial charge in [-0.3, -0.25) is 0 Å². The van der Waals surface area contributed by atoms with E-state index in [1.54, 1.807) is 11.3 Å². The molecule has 3 nitrogen and oxygen atoms in total. The molecule has 3 aromatic rings. The van der Waals surface area contributed by atoms with Crippen molar-refractivity contribution < 1.29 is 0 Å². The molecule has 0 aliphatic rings. The summed E-state index contributed by atoms with van der Waals surface area (Å²) in [5.41, 5.74) is 1.26. The molecule has 0 unspecified atom stereocenters. The number of aryl methyl sites for hydroxylation is 1. The summed E-state index contributed by atoms with van der Waals surface area (Å²) >= 11 is 7.80. The van der Waals surface area contributed by atoms with Crippen molar-refractivity contribution in [2.75, 3.05) is 4.90 Å². The van der Waals surface area contributed by atoms with E-state index in [4.69, 9.17) is 11.6 Å². The summed E-state index contributed by atoms with van der Waals surface area (Å²) in [4.78, 5) is 13.3. The first-order valence-electron chi connectivity index (χ1n) is 7.29. The summed E-state index contributed by atoms with van der Waals surface area (Å²) in [7, 11) is 0. The van der Waals surface area contributed by atoms with Gasteiger partial charge in [-0.25, -0.2) is 4.98 Å². The van der Waals surface area contributed by atoms with Gasteiger partial charge in [0.15, 0.2) is 0 Å². The van der Waals surface area contributed by atoms with Gasteiger partial charge in [0.1, 0.15) is 10.6 Å². The van der Waals surface area contributed by atoms with Gasteiger partial charge in [-0.1, -0.05) is 30.3 Å². The van der Waals surface area contributed by atoms with E-state index in [0.717, 1.165) is 22.6 Å². The lowest BCUT2D eigenvalue weighted by Crippen LogP contribution is -2.31. The first kappa shape index (κ1) is 15.3. The third-order valence-corrected chi connectivity index (χ3v) is 4.67. The van der Waals surface area contributed by atoms with Crippen LogP contribution in [0.5, 0.6) is 0 Å². The summed E-state index contributed by atoms with van der Waals surface area (Å²) in [6.45, 7) is 7.23. The van der Waals surface area contributed by atoms with E-state index in [-0.39, 0.29) is 0 Å². The lowest BCUT2D eigenvalue weighted by Gasteiger charge is -2.28. The predicted octanol–water partition coefficient (Wildman–Crippen LogP) is 5.07. The van der Waals surface area contributed by atoms with Crippen molar-refractivity contribution in [2.45, 2.75) is 33.4 Å². The van der Waals surface area contributed by atoms with E-state index in [2.05, 4.69) is 66.0 Å². The number of aromatic nitrogens is 2. The fraction of sp³-hybridized carbons (Fsp3) is 0.294. The maximum absolute atomic E-state index is 6.14. The van der Waals surface area contributed by atoms with Crippen LogP contribution in [0.3, 0.4) is 0 Å². The van der Waals surface area contributed by atoms with Gasteiger partial charge in [0.05, 0.1) is 5.39 Å². The highest BCUT2D eigenvalue weighted by molar-refractivity contribution is 7.18. The van der Waals surface area contributed by atoms with Gasteiger partial charge in [-0.05, 0) is 44.0 Å². The second-order valence-corrected chi connectivity index (χ2v) is 7.17. The minimum atomic E-state index is 0.308. The average Bonchev–Trinajstić information content (AvgIpc) is 2.85. The quantitative estimate of drug-likeness (QED) is 0.625. The molecule has 0 saturated carbocycles. The van der Waals surface area contributed by atoms with E-state index in [1.807, 2.05) is 6.07 Å². The van der Waals surface area contributed by atoms with Crippen molar-refractivity contribution >= 4 is 39.0 Å². The van der Waals surface area contributed by atoms with Crippen molar-refractivity contribution in [3.8, 4) is 0 Å². The van der Waals surface area contributed by atoms with E-state index in [1.165, 1.54) is 10.4 Å². The Morgan fingerprint density at radius 1 is 1.18 bits per heavy atom. The van der Waals surface area contributed by atoms with Crippen molar-refractivity contribution in [2.24, 2.45) is 0 Å². The summed E-state index contributed by atoms with van der Waals surface area (Å²) in [5, 5.41) is 1.39. The molecule has 0 radical (unpaired) electrons. The van der Waals surface area contributed by atoms with Crippen LogP contribution in [-0.4, -0.2) is 16.0 Å². The molecule has 0 atom stereocenters. The van der Waals surface area contributed by atoms with Crippen LogP contribution in [0.2, 0.25) is 5.28 Å². The van der Waals surface area contributed by atoms with Gasteiger partial charge < -0.3 is 4.90 Å². The third-order valence-electron chi connectivity index (χ3n) is 3.56. The van der Waals surface area contributed by atoms with Crippen LogP contribution in [0.15, 0.2) is 36.4 Å². The number of anilines is 1. The zero-order valence-electron chi connectivity index (χ0n) is 12.9. The van der Waals surface area contributed by atoms with Crippen LogP contribution in [-0.2, 0) is 6.54 Å². The van der Waals surface area contributed by atoms with Crippen LogP contribution in [0.1, 0.15) is 24.3 Å². The van der Waals surface area contributed by atoms with Crippen molar-refractivity contribution in [1.82, 2.24) is 9.97 Å². The molecule has 0 aliphatic carbocycles. The second kappa shape index (κ2) is 6.23. The van der Waals surface area contributed by atoms with Crippen LogP contribution in [0, 0.1) is 6.92 Å². The molecule has 2 aromatic heterocycles. The Bertz CT molecular complexity index is 783. The SMILES string of the molecule is Cc1cc2c(N(Cc3ccccc3)C(C)C)nc(Cl)nc2s1. The topological polar surface area (TPSA) is 29.0 Å². The van der Waals surface area contributed by atoms with Gasteiger partial charge >= 0.3 is 0 Å². The number of nitrogens with zero attached hydrogens (tertiary/aromatic N) is 3. The lowest BCUT2D eigenvalue weighted by atomic mass is 10.2. The molecule has 2 heterocycles. The number of fused-ring (bicyclic) bond motifs is 1. The van der Waals surface area contributed by atoms with E-state index < -0.39 is 0 Å². The number of hydrogen-bond acceptors (Lipinski definition) is 4. The monoisotopic (exact) mass is 331 g/mol. The van der Waals surface area contributed by atoms with Gasteiger partial charge in [-0.2, -0.15) is 4.98 Å². The highest BCUT2D eigenvalue weighted by atomic mass is 35.5. The molecule has 0 bridgehead atoms. The van der Waals surface area contributed by atoms with Gasteiger partial charge in [0.2, 0.25) is 5.28 Å². The van der Waals surface area contributed by atoms with Gasteiger partial charge in [0.25, 0.3) is 0 Å². The molecule has 114 valence electrons. The highest BCUT2D eigenvalue weighted by Gasteiger charge is 2.18. The smallest absolute Gasteiger partial charge is 0.225 e. The fourth-order valence-corrected chi connectivity index (χ4v) is 3.59. The van der Waals surface area contributed by atoms with E-state index >= 15 is 0 Å². The van der Waals surface area contributed by atoms with Crippen molar-refractivity contribution in [3.05, 3.63) is 52.1 Å². The Labute approximate surface area is 139 Å². The summed E-state index contributed by atoms with van der Waals surface area (Å²) in [6.07, 6.45) is 0. The summed E-state index contributed by atoms with van der Waals surface area (Å²) < 4.78 is 0. The molecular weight excluding hydrogens is 314 g/mol. The molecule has 0 N–H and O–H groups in total. The first-order valence-corrected chi connectivity index (χ1v) is 8.48. The average molecular weight is 332 g/mol. The van der Waals surface area contributed by atoms with Gasteiger partial charge in [-0.15, -0.1) is 11.3 Å². The number of hydrogen-bond donors (Lipinski definition) is 0. The van der Waals surface area contributed by atoms with Crippen molar-refractivity contribution in [1.29, 1.82) is 0 Å². The predicted molar refractivity (Wildman–Crippen MR) is 94.9 cm³/mol. The van der Waals surface area contributed by atoms with Gasteiger partial charge in [0, 0.05) is 17.5 Å². The van der Waals surface area contributed by atoms with Crippen LogP contribution < -0.4 is 4.90 Å². The Morgan fingerprint density at radius 3 is 2.59 bits per heavy atom. The van der Waals surface area contributed by atoms with Crippen LogP contribution in [0.4, 0.5) is 5.82 Å². The molecule has 3 rings (SSSR count). The largest absolute Gasteiger partial charge is 0.349 e. The zero-order chi connectivity index (χ0) is 15.7. The Balaban J connectivity index is 2.08. The minimum Gasteiger partial charge on any atom is -0.349 e. The fourth-order valence-electron chi connectivity index (χ4n) is 2.50. The number of rotatable bonds is 4. The molecule has 5 heteroatoms. The minimum absolute atomic E-state index is 0.308. The maximum Gasteiger partial charge on any atom is 0.225 e. The molecule has 22 heavy (non-hydrogen) atoms. The Morgan fingerprint density at radius 2 is 1.91 bits per heavy atom. The molecule has 0 fully saturated rings. The standard InChI is InChI=1S/C17H18ClN3S/c1-11(2)21(10-13-7-5-4-6-8-13)15-14-9-12(3)22-16(14)20-17(18)19-15/h4-9,11H,10H2,1-3H3. The number of thiophene rings is 1. The molecule has 0 amide bonds. The summed E-state index contributed by atoms with van der Waals surface area (Å²) in [5.74, 6) is 0.915. The van der Waals surface area contributed by atoms with Crippen LogP contribution in [0.25, 0.3) is 10.2 Å². The van der Waals surface area contributed by atoms with Crippen LogP contribution >= 0.6 is 22.9 Å².